The molecule has 0 aliphatic heterocycles. The normalized spacial score (nSPS) is 10.9. The lowest BCUT2D eigenvalue weighted by Gasteiger charge is -2.28. The van der Waals surface area contributed by atoms with Gasteiger partial charge in [-0.15, -0.1) is 12.4 Å². The number of hydrogen-bond acceptors (Lipinski definition) is 2. The van der Waals surface area contributed by atoms with Crippen molar-refractivity contribution in [3.05, 3.63) is 33.8 Å². The van der Waals surface area contributed by atoms with Crippen LogP contribution >= 0.6 is 35.6 Å². The maximum Gasteiger partial charge on any atom is 0.227 e. The summed E-state index contributed by atoms with van der Waals surface area (Å²) >= 11 is 11.9. The largest absolute Gasteiger partial charge is 0.355 e. The van der Waals surface area contributed by atoms with Gasteiger partial charge in [-0.3, -0.25) is 4.79 Å². The number of nitrogens with two attached hydrogens (primary N) is 1. The standard InChI is InChI=1S/C15H22Cl2N2O.ClH/c1-3-15(4-2,10-18)14(20)19-6-5-11-7-12(16)9-13(17)8-11;/h7-9H,3-6,10,18H2,1-2H3,(H,19,20);1H. The first-order valence-corrected chi connectivity index (χ1v) is 7.66. The van der Waals surface area contributed by atoms with Crippen molar-refractivity contribution in [3.63, 3.8) is 0 Å². The van der Waals surface area contributed by atoms with Gasteiger partial charge in [-0.1, -0.05) is 37.0 Å². The summed E-state index contributed by atoms with van der Waals surface area (Å²) in [7, 11) is 0. The van der Waals surface area contributed by atoms with Crippen LogP contribution in [-0.4, -0.2) is 19.0 Å². The molecule has 0 aromatic heterocycles. The molecule has 3 nitrogen and oxygen atoms in total. The van der Waals surface area contributed by atoms with E-state index < -0.39 is 5.41 Å². The van der Waals surface area contributed by atoms with Gasteiger partial charge < -0.3 is 11.1 Å². The van der Waals surface area contributed by atoms with Crippen LogP contribution < -0.4 is 11.1 Å². The number of halogens is 3. The molecular formula is C15H23Cl3N2O. The third-order valence-electron chi connectivity index (χ3n) is 3.85. The van der Waals surface area contributed by atoms with E-state index in [1.54, 1.807) is 6.07 Å². The van der Waals surface area contributed by atoms with Gasteiger partial charge in [-0.2, -0.15) is 0 Å². The summed E-state index contributed by atoms with van der Waals surface area (Å²) in [6.07, 6.45) is 2.18. The fourth-order valence-corrected chi connectivity index (χ4v) is 2.79. The maximum atomic E-state index is 12.2. The van der Waals surface area contributed by atoms with Gasteiger partial charge in [0.05, 0.1) is 5.41 Å². The number of hydrogen-bond donors (Lipinski definition) is 2. The summed E-state index contributed by atoms with van der Waals surface area (Å²) in [6.45, 7) is 4.91. The van der Waals surface area contributed by atoms with Gasteiger partial charge in [0.25, 0.3) is 0 Å². The van der Waals surface area contributed by atoms with E-state index in [0.717, 1.165) is 18.4 Å². The fourth-order valence-electron chi connectivity index (χ4n) is 2.22. The van der Waals surface area contributed by atoms with Crippen molar-refractivity contribution in [2.24, 2.45) is 11.1 Å². The molecule has 0 aliphatic rings. The Kier molecular flexibility index (Phi) is 9.30. The zero-order chi connectivity index (χ0) is 15.2. The van der Waals surface area contributed by atoms with Gasteiger partial charge in [-0.25, -0.2) is 0 Å². The summed E-state index contributed by atoms with van der Waals surface area (Å²) in [6, 6.07) is 5.41. The molecule has 0 atom stereocenters. The molecule has 3 N–H and O–H groups in total. The van der Waals surface area contributed by atoms with Crippen molar-refractivity contribution in [1.29, 1.82) is 0 Å². The highest BCUT2D eigenvalue weighted by molar-refractivity contribution is 6.34. The highest BCUT2D eigenvalue weighted by Gasteiger charge is 2.32. The van der Waals surface area contributed by atoms with Gasteiger partial charge >= 0.3 is 0 Å². The van der Waals surface area contributed by atoms with Gasteiger partial charge in [0.1, 0.15) is 0 Å². The number of amides is 1. The van der Waals surface area contributed by atoms with Crippen molar-refractivity contribution in [3.8, 4) is 0 Å². The Morgan fingerprint density at radius 1 is 1.19 bits per heavy atom. The number of nitrogens with one attached hydrogen (secondary N) is 1. The second kappa shape index (κ2) is 9.52. The Bertz CT molecular complexity index is 434. The average Bonchev–Trinajstić information content (AvgIpc) is 2.40. The van der Waals surface area contributed by atoms with Crippen LogP contribution in [0.4, 0.5) is 0 Å². The van der Waals surface area contributed by atoms with Crippen molar-refractivity contribution in [2.45, 2.75) is 33.1 Å². The molecule has 6 heteroatoms. The summed E-state index contributed by atoms with van der Waals surface area (Å²) in [5.41, 5.74) is 6.31. The number of benzene rings is 1. The fraction of sp³-hybridized carbons (Fsp3) is 0.533. The molecule has 1 aromatic rings. The van der Waals surface area contributed by atoms with Crippen molar-refractivity contribution < 1.29 is 4.79 Å². The summed E-state index contributed by atoms with van der Waals surface area (Å²) < 4.78 is 0. The van der Waals surface area contributed by atoms with E-state index in [1.807, 2.05) is 26.0 Å². The molecule has 0 saturated carbocycles. The minimum Gasteiger partial charge on any atom is -0.355 e. The van der Waals surface area contributed by atoms with E-state index in [1.165, 1.54) is 0 Å². The Labute approximate surface area is 143 Å². The minimum absolute atomic E-state index is 0. The quantitative estimate of drug-likeness (QED) is 0.782. The molecule has 0 spiro atoms. The Hall–Kier alpha value is -0.480. The molecule has 0 bridgehead atoms. The minimum atomic E-state index is -0.452. The van der Waals surface area contributed by atoms with Crippen LogP contribution in [0.3, 0.4) is 0 Å². The van der Waals surface area contributed by atoms with Crippen molar-refractivity contribution in [2.75, 3.05) is 13.1 Å². The van der Waals surface area contributed by atoms with E-state index in [0.29, 0.717) is 29.6 Å². The molecule has 0 unspecified atom stereocenters. The Morgan fingerprint density at radius 2 is 1.71 bits per heavy atom. The molecular weight excluding hydrogens is 331 g/mol. The highest BCUT2D eigenvalue weighted by Crippen LogP contribution is 2.25. The molecule has 0 fully saturated rings. The van der Waals surface area contributed by atoms with Crippen LogP contribution in [0.5, 0.6) is 0 Å². The lowest BCUT2D eigenvalue weighted by molar-refractivity contribution is -0.131. The average molecular weight is 354 g/mol. The van der Waals surface area contributed by atoms with Crippen molar-refractivity contribution in [1.82, 2.24) is 5.32 Å². The first-order chi connectivity index (χ1) is 9.47. The predicted molar refractivity (Wildman–Crippen MR) is 92.5 cm³/mol. The van der Waals surface area contributed by atoms with Crippen LogP contribution in [0.25, 0.3) is 0 Å². The van der Waals surface area contributed by atoms with E-state index in [2.05, 4.69) is 5.32 Å². The SMILES string of the molecule is CCC(CC)(CN)C(=O)NCCc1cc(Cl)cc(Cl)c1.Cl. The molecule has 0 radical (unpaired) electrons. The maximum absolute atomic E-state index is 12.2. The smallest absolute Gasteiger partial charge is 0.227 e. The van der Waals surface area contributed by atoms with Crippen LogP contribution in [0.15, 0.2) is 18.2 Å². The zero-order valence-electron chi connectivity index (χ0n) is 12.4. The molecule has 120 valence electrons. The van der Waals surface area contributed by atoms with E-state index in [-0.39, 0.29) is 18.3 Å². The molecule has 1 amide bonds. The summed E-state index contributed by atoms with van der Waals surface area (Å²) in [4.78, 5) is 12.2. The third kappa shape index (κ3) is 5.67. The highest BCUT2D eigenvalue weighted by atomic mass is 35.5. The van der Waals surface area contributed by atoms with Crippen LogP contribution in [0, 0.1) is 5.41 Å². The third-order valence-corrected chi connectivity index (χ3v) is 4.28. The van der Waals surface area contributed by atoms with E-state index in [4.69, 9.17) is 28.9 Å². The lowest BCUT2D eigenvalue weighted by atomic mass is 9.81. The van der Waals surface area contributed by atoms with Crippen LogP contribution in [-0.2, 0) is 11.2 Å². The van der Waals surface area contributed by atoms with Gasteiger partial charge in [-0.05, 0) is 43.0 Å². The second-order valence-corrected chi connectivity index (χ2v) is 5.85. The molecule has 0 aliphatic carbocycles. The number of carbonyl (C=O) groups excluding carboxylic acids is 1. The first-order valence-electron chi connectivity index (χ1n) is 6.90. The number of carbonyl (C=O) groups is 1. The van der Waals surface area contributed by atoms with Gasteiger partial charge in [0, 0.05) is 23.1 Å². The van der Waals surface area contributed by atoms with Crippen molar-refractivity contribution >= 4 is 41.5 Å². The molecule has 1 rings (SSSR count). The zero-order valence-corrected chi connectivity index (χ0v) is 14.7. The molecule has 21 heavy (non-hydrogen) atoms. The lowest BCUT2D eigenvalue weighted by Crippen LogP contribution is -2.45. The molecule has 0 saturated heterocycles. The summed E-state index contributed by atoms with van der Waals surface area (Å²) in [5, 5.41) is 4.18. The van der Waals surface area contributed by atoms with E-state index >= 15 is 0 Å². The monoisotopic (exact) mass is 352 g/mol. The Morgan fingerprint density at radius 3 is 2.14 bits per heavy atom. The van der Waals surface area contributed by atoms with Crippen LogP contribution in [0.1, 0.15) is 32.3 Å². The second-order valence-electron chi connectivity index (χ2n) is 4.98. The topological polar surface area (TPSA) is 55.1 Å². The number of rotatable bonds is 7. The molecule has 1 aromatic carbocycles. The predicted octanol–water partition coefficient (Wildman–Crippen LogP) is 3.84. The summed E-state index contributed by atoms with van der Waals surface area (Å²) in [5.74, 6) is 0.0260. The molecule has 0 heterocycles. The van der Waals surface area contributed by atoms with Crippen LogP contribution in [0.2, 0.25) is 10.0 Å². The van der Waals surface area contributed by atoms with Gasteiger partial charge in [0.15, 0.2) is 0 Å². The van der Waals surface area contributed by atoms with E-state index in [9.17, 15) is 4.79 Å². The Balaban J connectivity index is 0.00000400. The first kappa shape index (κ1) is 20.5. The van der Waals surface area contributed by atoms with Gasteiger partial charge in [0.2, 0.25) is 5.91 Å².